The number of hydrogen-bond acceptors (Lipinski definition) is 5. The van der Waals surface area contributed by atoms with Crippen LogP contribution in [0.2, 0.25) is 0 Å². The Kier molecular flexibility index (Phi) is 6.18. The Bertz CT molecular complexity index is 967. The first kappa shape index (κ1) is 20.9. The highest BCUT2D eigenvalue weighted by molar-refractivity contribution is 6.10. The Morgan fingerprint density at radius 2 is 1.74 bits per heavy atom. The van der Waals surface area contributed by atoms with Gasteiger partial charge in [0.2, 0.25) is 11.8 Å². The molecule has 1 saturated heterocycles. The van der Waals surface area contributed by atoms with Crippen LogP contribution in [-0.4, -0.2) is 61.9 Å². The summed E-state index contributed by atoms with van der Waals surface area (Å²) in [6.45, 7) is 4.05. The number of benzene rings is 2. The number of fused-ring (bicyclic) bond motifs is 1. The summed E-state index contributed by atoms with van der Waals surface area (Å²) in [6, 6.07) is 13.9. The summed E-state index contributed by atoms with van der Waals surface area (Å²) >= 11 is 0. The van der Waals surface area contributed by atoms with E-state index in [9.17, 15) is 14.4 Å². The molecule has 2 aliphatic rings. The SMILES string of the molecule is CN1CCN(c2ccc(NC(=O)CCC3NC(=O)c4ccccc4NC3=O)cc2)CC1. The van der Waals surface area contributed by atoms with Gasteiger partial charge in [-0.05, 0) is 49.9 Å². The predicted molar refractivity (Wildman–Crippen MR) is 120 cm³/mol. The van der Waals surface area contributed by atoms with Crippen LogP contribution in [0.15, 0.2) is 48.5 Å². The third-order valence-electron chi connectivity index (χ3n) is 5.73. The maximum Gasteiger partial charge on any atom is 0.254 e. The minimum Gasteiger partial charge on any atom is -0.369 e. The number of carbonyl (C=O) groups is 3. The lowest BCUT2D eigenvalue weighted by Crippen LogP contribution is -2.44. The smallest absolute Gasteiger partial charge is 0.254 e. The number of anilines is 3. The van der Waals surface area contributed by atoms with Crippen molar-refractivity contribution in [1.82, 2.24) is 10.2 Å². The van der Waals surface area contributed by atoms with E-state index in [4.69, 9.17) is 0 Å². The lowest BCUT2D eigenvalue weighted by molar-refractivity contribution is -0.118. The van der Waals surface area contributed by atoms with Crippen LogP contribution in [0.3, 0.4) is 0 Å². The number of likely N-dealkylation sites (N-methyl/N-ethyl adjacent to an activating group) is 1. The summed E-state index contributed by atoms with van der Waals surface area (Å²) in [4.78, 5) is 41.8. The van der Waals surface area contributed by atoms with E-state index in [-0.39, 0.29) is 30.6 Å². The molecule has 0 aliphatic carbocycles. The van der Waals surface area contributed by atoms with Gasteiger partial charge >= 0.3 is 0 Å². The highest BCUT2D eigenvalue weighted by Crippen LogP contribution is 2.21. The molecule has 0 radical (unpaired) electrons. The van der Waals surface area contributed by atoms with Gasteiger partial charge in [-0.2, -0.15) is 0 Å². The third-order valence-corrected chi connectivity index (χ3v) is 5.73. The third kappa shape index (κ3) is 5.03. The average molecular weight is 422 g/mol. The topological polar surface area (TPSA) is 93.8 Å². The molecule has 3 N–H and O–H groups in total. The fourth-order valence-corrected chi connectivity index (χ4v) is 3.83. The van der Waals surface area contributed by atoms with Gasteiger partial charge in [0.25, 0.3) is 5.91 Å². The molecule has 2 aromatic carbocycles. The number of hydrogen-bond donors (Lipinski definition) is 3. The Balaban J connectivity index is 1.29. The van der Waals surface area contributed by atoms with E-state index >= 15 is 0 Å². The minimum atomic E-state index is -0.759. The minimum absolute atomic E-state index is 0.120. The van der Waals surface area contributed by atoms with Crippen molar-refractivity contribution in [2.24, 2.45) is 0 Å². The largest absolute Gasteiger partial charge is 0.369 e. The second-order valence-corrected chi connectivity index (χ2v) is 7.98. The van der Waals surface area contributed by atoms with Crippen LogP contribution in [0.5, 0.6) is 0 Å². The van der Waals surface area contributed by atoms with Crippen molar-refractivity contribution in [2.45, 2.75) is 18.9 Å². The molecule has 162 valence electrons. The molecule has 0 bridgehead atoms. The number of piperazine rings is 1. The second kappa shape index (κ2) is 9.18. The molecule has 1 unspecified atom stereocenters. The van der Waals surface area contributed by atoms with E-state index < -0.39 is 6.04 Å². The highest BCUT2D eigenvalue weighted by Gasteiger charge is 2.27. The molecule has 2 heterocycles. The first-order chi connectivity index (χ1) is 15.0. The Morgan fingerprint density at radius 3 is 2.48 bits per heavy atom. The molecular formula is C23H27N5O3. The summed E-state index contributed by atoms with van der Waals surface area (Å²) in [6.07, 6.45) is 0.339. The molecule has 31 heavy (non-hydrogen) atoms. The normalized spacial score (nSPS) is 19.1. The monoisotopic (exact) mass is 421 g/mol. The van der Waals surface area contributed by atoms with E-state index in [0.717, 1.165) is 31.9 Å². The van der Waals surface area contributed by atoms with Gasteiger partial charge in [-0.1, -0.05) is 12.1 Å². The van der Waals surface area contributed by atoms with Gasteiger partial charge < -0.3 is 25.8 Å². The fourth-order valence-electron chi connectivity index (χ4n) is 3.83. The van der Waals surface area contributed by atoms with Crippen LogP contribution in [0.25, 0.3) is 0 Å². The number of nitrogens with zero attached hydrogens (tertiary/aromatic N) is 2. The fraction of sp³-hybridized carbons (Fsp3) is 0.348. The summed E-state index contributed by atoms with van der Waals surface area (Å²) in [7, 11) is 2.12. The van der Waals surface area contributed by atoms with Gasteiger partial charge in [-0.3, -0.25) is 14.4 Å². The Morgan fingerprint density at radius 1 is 1.03 bits per heavy atom. The number of para-hydroxylation sites is 1. The van der Waals surface area contributed by atoms with Gasteiger partial charge in [0.05, 0.1) is 11.3 Å². The number of carbonyl (C=O) groups excluding carboxylic acids is 3. The molecule has 1 atom stereocenters. The maximum atomic E-state index is 12.4. The van der Waals surface area contributed by atoms with Gasteiger partial charge in [0.1, 0.15) is 6.04 Å². The molecule has 0 saturated carbocycles. The molecule has 1 fully saturated rings. The molecule has 8 heteroatoms. The van der Waals surface area contributed by atoms with E-state index in [1.807, 2.05) is 24.3 Å². The molecule has 0 aromatic heterocycles. The van der Waals surface area contributed by atoms with Crippen LogP contribution in [0.4, 0.5) is 17.1 Å². The van der Waals surface area contributed by atoms with Crippen molar-refractivity contribution >= 4 is 34.8 Å². The zero-order valence-electron chi connectivity index (χ0n) is 17.6. The highest BCUT2D eigenvalue weighted by atomic mass is 16.2. The van der Waals surface area contributed by atoms with Crippen molar-refractivity contribution in [3.63, 3.8) is 0 Å². The van der Waals surface area contributed by atoms with Crippen LogP contribution in [-0.2, 0) is 9.59 Å². The Hall–Kier alpha value is -3.39. The van der Waals surface area contributed by atoms with Crippen LogP contribution < -0.4 is 20.9 Å². The number of rotatable bonds is 5. The van der Waals surface area contributed by atoms with Gasteiger partial charge in [-0.25, -0.2) is 0 Å². The standard InChI is InChI=1S/C23H27N5O3/c1-27-12-14-28(15-13-27)17-8-6-16(7-9-17)24-21(29)11-10-20-23(31)25-19-5-3-2-4-18(19)22(30)26-20/h2-9,20H,10-15H2,1H3,(H,24,29)(H,25,31)(H,26,30). The van der Waals surface area contributed by atoms with Gasteiger partial charge in [0, 0.05) is 44.0 Å². The number of amides is 3. The van der Waals surface area contributed by atoms with Crippen molar-refractivity contribution in [2.75, 3.05) is 48.8 Å². The van der Waals surface area contributed by atoms with Crippen LogP contribution in [0.1, 0.15) is 23.2 Å². The lowest BCUT2D eigenvalue weighted by Gasteiger charge is -2.34. The first-order valence-electron chi connectivity index (χ1n) is 10.5. The van der Waals surface area contributed by atoms with Crippen molar-refractivity contribution < 1.29 is 14.4 Å². The lowest BCUT2D eigenvalue weighted by atomic mass is 10.1. The average Bonchev–Trinajstić information content (AvgIpc) is 2.89. The van der Waals surface area contributed by atoms with Crippen molar-refractivity contribution in [3.05, 3.63) is 54.1 Å². The quantitative estimate of drug-likeness (QED) is 0.686. The second-order valence-electron chi connectivity index (χ2n) is 7.98. The predicted octanol–water partition coefficient (Wildman–Crippen LogP) is 1.91. The summed E-state index contributed by atoms with van der Waals surface area (Å²) in [5, 5.41) is 8.33. The van der Waals surface area contributed by atoms with E-state index in [1.54, 1.807) is 24.3 Å². The zero-order chi connectivity index (χ0) is 21.8. The molecule has 8 nitrogen and oxygen atoms in total. The van der Waals surface area contributed by atoms with Crippen LogP contribution in [0, 0.1) is 0 Å². The summed E-state index contributed by atoms with van der Waals surface area (Å²) < 4.78 is 0. The first-order valence-corrected chi connectivity index (χ1v) is 10.5. The summed E-state index contributed by atoms with van der Waals surface area (Å²) in [5.74, 6) is -0.836. The van der Waals surface area contributed by atoms with Crippen molar-refractivity contribution in [3.8, 4) is 0 Å². The van der Waals surface area contributed by atoms with Crippen molar-refractivity contribution in [1.29, 1.82) is 0 Å². The van der Waals surface area contributed by atoms with Gasteiger partial charge in [-0.15, -0.1) is 0 Å². The van der Waals surface area contributed by atoms with E-state index in [1.165, 1.54) is 0 Å². The maximum absolute atomic E-state index is 12.4. The molecule has 2 aliphatic heterocycles. The van der Waals surface area contributed by atoms with Crippen LogP contribution >= 0.6 is 0 Å². The van der Waals surface area contributed by atoms with E-state index in [2.05, 4.69) is 32.8 Å². The molecule has 3 amide bonds. The zero-order valence-corrected chi connectivity index (χ0v) is 17.6. The summed E-state index contributed by atoms with van der Waals surface area (Å²) in [5.41, 5.74) is 2.76. The molecular weight excluding hydrogens is 394 g/mol. The molecule has 0 spiro atoms. The molecule has 2 aromatic rings. The van der Waals surface area contributed by atoms with Gasteiger partial charge in [0.15, 0.2) is 0 Å². The number of nitrogens with one attached hydrogen (secondary N) is 3. The van der Waals surface area contributed by atoms with E-state index in [0.29, 0.717) is 16.9 Å². The molecule has 4 rings (SSSR count). The Labute approximate surface area is 181 Å².